The van der Waals surface area contributed by atoms with E-state index in [0.29, 0.717) is 29.3 Å². The van der Waals surface area contributed by atoms with Gasteiger partial charge in [0.25, 0.3) is 0 Å². The van der Waals surface area contributed by atoms with Crippen LogP contribution in [0.2, 0.25) is 0 Å². The van der Waals surface area contributed by atoms with Crippen LogP contribution in [0.4, 0.5) is 0 Å². The van der Waals surface area contributed by atoms with Crippen molar-refractivity contribution in [3.63, 3.8) is 0 Å². The summed E-state index contributed by atoms with van der Waals surface area (Å²) in [7, 11) is 0. The molecule has 164 valence electrons. The number of benzene rings is 1. The molecule has 1 heterocycles. The Morgan fingerprint density at radius 3 is 2.67 bits per heavy atom. The first-order chi connectivity index (χ1) is 14.3. The van der Waals surface area contributed by atoms with Gasteiger partial charge in [-0.15, -0.1) is 0 Å². The number of ether oxygens (including phenoxy) is 2. The Labute approximate surface area is 177 Å². The van der Waals surface area contributed by atoms with Gasteiger partial charge in [0.05, 0.1) is 6.10 Å². The van der Waals surface area contributed by atoms with Crippen LogP contribution in [0.3, 0.4) is 0 Å². The minimum atomic E-state index is -1.31. The Morgan fingerprint density at radius 1 is 1.07 bits per heavy atom. The molecule has 1 saturated heterocycles. The van der Waals surface area contributed by atoms with E-state index in [9.17, 15) is 20.1 Å². The predicted molar refractivity (Wildman–Crippen MR) is 109 cm³/mol. The highest BCUT2D eigenvalue weighted by Gasteiger charge is 2.54. The lowest BCUT2D eigenvalue weighted by atomic mass is 9.55. The van der Waals surface area contributed by atoms with Crippen molar-refractivity contribution in [2.45, 2.75) is 89.0 Å². The molecule has 0 unspecified atom stereocenters. The van der Waals surface area contributed by atoms with E-state index in [-0.39, 0.29) is 5.41 Å². The van der Waals surface area contributed by atoms with Crippen LogP contribution >= 0.6 is 0 Å². The van der Waals surface area contributed by atoms with Gasteiger partial charge >= 0.3 is 0 Å². The number of fused-ring (bicyclic) bond motifs is 5. The van der Waals surface area contributed by atoms with E-state index < -0.39 is 30.7 Å². The molecule has 1 aliphatic heterocycles. The van der Waals surface area contributed by atoms with Gasteiger partial charge in [0, 0.05) is 11.8 Å². The van der Waals surface area contributed by atoms with Gasteiger partial charge in [-0.05, 0) is 80.0 Å². The quantitative estimate of drug-likeness (QED) is 0.685. The Bertz CT molecular complexity index is 839. The number of aliphatic hydroxyl groups excluding tert-OH is 3. The number of ketones is 1. The van der Waals surface area contributed by atoms with E-state index in [1.807, 2.05) is 12.1 Å². The highest BCUT2D eigenvalue weighted by atomic mass is 16.7. The SMILES string of the molecule is C[C@H]1O[C@@H](Oc2ccc3c(c2)CC[C@@H]2[C@@H]3CC[C@]3(C)C(=O)CC[C@@H]23)[C@H](O)[C@@H](O)[C@@H]1O. The molecule has 0 aromatic heterocycles. The van der Waals surface area contributed by atoms with Crippen molar-refractivity contribution in [3.05, 3.63) is 29.3 Å². The van der Waals surface area contributed by atoms with Gasteiger partial charge in [-0.3, -0.25) is 4.79 Å². The second-order valence-corrected chi connectivity index (χ2v) is 9.99. The predicted octanol–water partition coefficient (Wildman–Crippen LogP) is 2.32. The van der Waals surface area contributed by atoms with Crippen molar-refractivity contribution in [2.75, 3.05) is 0 Å². The summed E-state index contributed by atoms with van der Waals surface area (Å²) >= 11 is 0. The first kappa shape index (κ1) is 20.4. The molecule has 1 aromatic carbocycles. The fourth-order valence-corrected chi connectivity index (χ4v) is 6.65. The zero-order valence-electron chi connectivity index (χ0n) is 17.7. The third-order valence-corrected chi connectivity index (χ3v) is 8.47. The molecule has 4 aliphatic rings. The van der Waals surface area contributed by atoms with Crippen LogP contribution in [0.5, 0.6) is 5.75 Å². The van der Waals surface area contributed by atoms with Crippen LogP contribution in [0, 0.1) is 17.3 Å². The molecule has 0 bridgehead atoms. The molecule has 30 heavy (non-hydrogen) atoms. The zero-order valence-corrected chi connectivity index (χ0v) is 17.7. The highest BCUT2D eigenvalue weighted by molar-refractivity contribution is 5.87. The van der Waals surface area contributed by atoms with Crippen LogP contribution < -0.4 is 4.74 Å². The lowest BCUT2D eigenvalue weighted by molar-refractivity contribution is -0.268. The molecule has 0 radical (unpaired) electrons. The van der Waals surface area contributed by atoms with Crippen molar-refractivity contribution < 1.29 is 29.6 Å². The summed E-state index contributed by atoms with van der Waals surface area (Å²) in [5.74, 6) is 2.65. The standard InChI is InChI=1S/C24H32O6/c1-12-20(26)21(27)22(28)23(29-12)30-14-4-6-15-13(11-14)3-5-17-16(15)9-10-24(2)18(17)7-8-19(24)25/h4,6,11-12,16-18,20-23,26-28H,3,5,7-10H2,1-2H3/t12-,16-,17-,18+,20-,21+,22-,23+,24+/m1/s1. The Balaban J connectivity index is 1.35. The van der Waals surface area contributed by atoms with Crippen LogP contribution in [-0.2, 0) is 16.0 Å². The zero-order chi connectivity index (χ0) is 21.2. The van der Waals surface area contributed by atoms with E-state index in [2.05, 4.69) is 13.0 Å². The fourth-order valence-electron chi connectivity index (χ4n) is 6.65. The number of aryl methyl sites for hydroxylation is 1. The van der Waals surface area contributed by atoms with Gasteiger partial charge in [0.1, 0.15) is 29.8 Å². The molecule has 0 spiro atoms. The van der Waals surface area contributed by atoms with Crippen LogP contribution in [0.25, 0.3) is 0 Å². The molecule has 0 amide bonds. The number of rotatable bonds is 2. The third-order valence-electron chi connectivity index (χ3n) is 8.47. The summed E-state index contributed by atoms with van der Waals surface area (Å²) in [6.45, 7) is 3.84. The number of hydrogen-bond acceptors (Lipinski definition) is 6. The van der Waals surface area contributed by atoms with E-state index >= 15 is 0 Å². The number of carbonyl (C=O) groups excluding carboxylic acids is 1. The lowest BCUT2D eigenvalue weighted by Crippen LogP contribution is -2.58. The average Bonchev–Trinajstić information content (AvgIpc) is 3.04. The monoisotopic (exact) mass is 416 g/mol. The normalized spacial score (nSPS) is 45.4. The number of Topliss-reactive ketones (excluding diaryl/α,β-unsaturated/α-hetero) is 1. The summed E-state index contributed by atoms with van der Waals surface area (Å²) in [6.07, 6.45) is 0.473. The maximum Gasteiger partial charge on any atom is 0.229 e. The van der Waals surface area contributed by atoms with E-state index in [4.69, 9.17) is 9.47 Å². The molecule has 6 nitrogen and oxygen atoms in total. The van der Waals surface area contributed by atoms with Gasteiger partial charge in [-0.25, -0.2) is 0 Å². The summed E-state index contributed by atoms with van der Waals surface area (Å²) in [5.41, 5.74) is 2.52. The molecule has 3 N–H and O–H groups in total. The molecule has 3 fully saturated rings. The summed E-state index contributed by atoms with van der Waals surface area (Å²) in [6, 6.07) is 6.06. The lowest BCUT2D eigenvalue weighted by Gasteiger charge is -2.48. The van der Waals surface area contributed by atoms with Crippen LogP contribution in [0.1, 0.15) is 63.0 Å². The van der Waals surface area contributed by atoms with E-state index in [1.165, 1.54) is 11.1 Å². The van der Waals surface area contributed by atoms with E-state index in [0.717, 1.165) is 38.5 Å². The summed E-state index contributed by atoms with van der Waals surface area (Å²) in [4.78, 5) is 12.5. The minimum absolute atomic E-state index is 0.113. The first-order valence-corrected chi connectivity index (χ1v) is 11.3. The molecular weight excluding hydrogens is 384 g/mol. The molecule has 6 heteroatoms. The average molecular weight is 417 g/mol. The smallest absolute Gasteiger partial charge is 0.229 e. The molecule has 2 saturated carbocycles. The van der Waals surface area contributed by atoms with Gasteiger partial charge in [0.2, 0.25) is 6.29 Å². The van der Waals surface area contributed by atoms with E-state index in [1.54, 1.807) is 6.92 Å². The number of hydrogen-bond donors (Lipinski definition) is 3. The summed E-state index contributed by atoms with van der Waals surface area (Å²) < 4.78 is 11.4. The van der Waals surface area contributed by atoms with Crippen LogP contribution in [0.15, 0.2) is 18.2 Å². The second-order valence-electron chi connectivity index (χ2n) is 9.99. The number of carbonyl (C=O) groups is 1. The van der Waals surface area contributed by atoms with Gasteiger partial charge in [-0.1, -0.05) is 13.0 Å². The molecule has 9 atom stereocenters. The van der Waals surface area contributed by atoms with Gasteiger partial charge in [0.15, 0.2) is 0 Å². The van der Waals surface area contributed by atoms with Crippen molar-refractivity contribution in [1.29, 1.82) is 0 Å². The maximum atomic E-state index is 12.5. The highest BCUT2D eigenvalue weighted by Crippen LogP contribution is 2.59. The van der Waals surface area contributed by atoms with Crippen molar-refractivity contribution in [1.82, 2.24) is 0 Å². The van der Waals surface area contributed by atoms with Crippen LogP contribution in [-0.4, -0.2) is 51.8 Å². The van der Waals surface area contributed by atoms with Gasteiger partial charge in [-0.2, -0.15) is 0 Å². The first-order valence-electron chi connectivity index (χ1n) is 11.3. The Kier molecular flexibility index (Phi) is 4.97. The van der Waals surface area contributed by atoms with Crippen molar-refractivity contribution in [3.8, 4) is 5.75 Å². The molecule has 5 rings (SSSR count). The minimum Gasteiger partial charge on any atom is -0.462 e. The van der Waals surface area contributed by atoms with Crippen molar-refractivity contribution in [2.24, 2.45) is 17.3 Å². The maximum absolute atomic E-state index is 12.5. The van der Waals surface area contributed by atoms with Gasteiger partial charge < -0.3 is 24.8 Å². The molecular formula is C24H32O6. The summed E-state index contributed by atoms with van der Waals surface area (Å²) in [5, 5.41) is 30.1. The third kappa shape index (κ3) is 3.03. The topological polar surface area (TPSA) is 96.2 Å². The van der Waals surface area contributed by atoms with Crippen molar-refractivity contribution >= 4 is 5.78 Å². The molecule has 3 aliphatic carbocycles. The Morgan fingerprint density at radius 2 is 1.87 bits per heavy atom. The second kappa shape index (κ2) is 7.30. The Hall–Kier alpha value is -1.47. The number of aliphatic hydroxyl groups is 3. The fraction of sp³-hybridized carbons (Fsp3) is 0.708. The largest absolute Gasteiger partial charge is 0.462 e. The molecule has 1 aromatic rings.